The molecule has 0 aromatic heterocycles. The smallest absolute Gasteiger partial charge is 0.504 e. The van der Waals surface area contributed by atoms with Crippen molar-refractivity contribution in [2.24, 2.45) is 28.1 Å². The van der Waals surface area contributed by atoms with Crippen molar-refractivity contribution in [3.8, 4) is 69.0 Å². The molecule has 27 atom stereocenters. The summed E-state index contributed by atoms with van der Waals surface area (Å²) in [5.74, 6) is 4.81. The molecule has 8 fully saturated rings. The molecule has 6 spiro atoms. The summed E-state index contributed by atoms with van der Waals surface area (Å²) in [4.78, 5) is 65.9. The molecule has 762 valence electrons. The quantitative estimate of drug-likeness (QED) is 0.0259. The zero-order valence-electron chi connectivity index (χ0n) is 80.2. The summed E-state index contributed by atoms with van der Waals surface area (Å²) in [5.41, 5.74) is 7.96. The number of benzene rings is 6. The third-order valence-corrected chi connectivity index (χ3v) is 39.9. The molecule has 24 aliphatic rings. The topological polar surface area (TPSA) is 366 Å². The van der Waals surface area contributed by atoms with E-state index in [9.17, 15) is 50.1 Å². The van der Waals surface area contributed by atoms with Crippen molar-refractivity contribution in [1.82, 2.24) is 29.4 Å². The third-order valence-electron chi connectivity index (χ3n) is 39.9. The summed E-state index contributed by atoms with van der Waals surface area (Å²) < 4.78 is 75.0. The van der Waals surface area contributed by atoms with E-state index in [0.717, 1.165) is 129 Å². The summed E-state index contributed by atoms with van der Waals surface area (Å²) in [6.45, 7) is 4.30. The molecular weight excluding hydrogens is 1840 g/mol. The number of ether oxygens (including phenoxy) is 12. The van der Waals surface area contributed by atoms with E-state index >= 15 is 0 Å². The highest BCUT2D eigenvalue weighted by molar-refractivity contribution is 5.95. The van der Waals surface area contributed by atoms with Crippen LogP contribution in [0, 0.1) is 17.8 Å². The number of carbonyl (C=O) groups is 3. The van der Waals surface area contributed by atoms with Crippen molar-refractivity contribution >= 4 is 29.5 Å². The molecule has 12 aliphatic carbocycles. The maximum absolute atomic E-state index is 13.8. The Balaban J connectivity index is 0.000000112. The Hall–Kier alpha value is -11.3. The Labute approximate surface area is 836 Å². The van der Waals surface area contributed by atoms with Crippen LogP contribution >= 0.6 is 0 Å². The first-order valence-corrected chi connectivity index (χ1v) is 50.7. The average molecular weight is 1970 g/mol. The lowest BCUT2D eigenvalue weighted by Gasteiger charge is -2.62. The van der Waals surface area contributed by atoms with Gasteiger partial charge in [0.05, 0.1) is 58.7 Å². The normalized spacial score (nSPS) is 39.5. The minimum Gasteiger partial charge on any atom is -0.504 e. The molecule has 32 heteroatoms. The van der Waals surface area contributed by atoms with Crippen LogP contribution in [0.1, 0.15) is 160 Å². The highest BCUT2D eigenvalue weighted by Gasteiger charge is 2.78. The Morgan fingerprint density at radius 3 is 1.09 bits per heavy atom. The van der Waals surface area contributed by atoms with E-state index in [4.69, 9.17) is 66.5 Å². The lowest BCUT2D eigenvalue weighted by atomic mass is 9.49. The van der Waals surface area contributed by atoms with Gasteiger partial charge in [-0.1, -0.05) is 87.2 Å². The second-order valence-electron chi connectivity index (χ2n) is 44.9. The molecule has 9 unspecified atom stereocenters. The number of aromatic hydroxyl groups is 4. The number of phenolic OH excluding ortho intramolecular Hbond substituents is 4. The lowest BCUT2D eigenvalue weighted by Crippen LogP contribution is -2.76. The average Bonchev–Trinajstić information content (AvgIpc) is 1.46. The van der Waals surface area contributed by atoms with Gasteiger partial charge in [0.25, 0.3) is 0 Å². The first-order chi connectivity index (χ1) is 68.1. The van der Waals surface area contributed by atoms with Crippen LogP contribution in [0.25, 0.3) is 0 Å². The molecular formula is C112H130N8O24. The number of rotatable bonds is 12. The van der Waals surface area contributed by atoms with Crippen molar-refractivity contribution in [2.45, 2.75) is 272 Å². The highest BCUT2D eigenvalue weighted by atomic mass is 16.7. The number of likely N-dealkylation sites (N-methyl/N-ethyl adjacent to an activating group) is 6. The molecule has 7 N–H and O–H groups in total. The number of aliphatic hydroxyl groups is 3. The Morgan fingerprint density at radius 2 is 0.701 bits per heavy atom. The van der Waals surface area contributed by atoms with Crippen LogP contribution in [0.3, 0.4) is 0 Å². The number of likely N-dealkylation sites (tertiary alicyclic amines) is 6. The SMILES string of the molecule is C.C.C.CN1CC[C@]23c4c5ccc(O)c4O[C@H]2[C@@H](OC(=O)CO/N=C2\CC[C@@]4(O)C6Cc7ccc(O)c8c7[C@@]4(CCN6C)[C@H]2O8)C=CC3C1C5.COc1ccc2c3c1O[C@H]1C(=NOCC(=O)O[C@H]4C=CC5C6Cc7ccc(O)c8c7[C@@]5(CCN6C)[C@H]4O8)CC[C@@]4(O)C(C2)N(C)CC[C@]314.COc1ccc2c3c1O[C@H]1C(OC(=O)O[C@H]4C=CC5C6Cc7ccc(O)c8c7[C@@]5(CCN6C)[C@H]4O8)=CC[C@@]4(O)C(C2)N(C)CC[C@]314. The summed E-state index contributed by atoms with van der Waals surface area (Å²) >= 11 is 0. The van der Waals surface area contributed by atoms with Gasteiger partial charge in [-0.2, -0.15) is 0 Å². The molecule has 30 rings (SSSR count). The zero-order valence-corrected chi connectivity index (χ0v) is 80.2. The van der Waals surface area contributed by atoms with Crippen LogP contribution in [-0.4, -0.2) is 312 Å². The summed E-state index contributed by atoms with van der Waals surface area (Å²) in [6, 6.07) is 23.6. The predicted octanol–water partition coefficient (Wildman–Crippen LogP) is 10.2. The second-order valence-corrected chi connectivity index (χ2v) is 44.9. The molecule has 6 aromatic carbocycles. The number of oxime groups is 2. The zero-order chi connectivity index (χ0) is 96.1. The summed E-state index contributed by atoms with van der Waals surface area (Å²) in [6.07, 6.45) is 19.8. The molecule has 12 bridgehead atoms. The minimum atomic E-state index is -1.10. The van der Waals surface area contributed by atoms with Gasteiger partial charge in [-0.25, -0.2) is 14.4 Å². The predicted molar refractivity (Wildman–Crippen MR) is 525 cm³/mol. The van der Waals surface area contributed by atoms with E-state index in [0.29, 0.717) is 146 Å². The molecule has 0 radical (unpaired) electrons. The maximum Gasteiger partial charge on any atom is 0.514 e. The number of nitrogens with zero attached hydrogens (tertiary/aromatic N) is 8. The number of hydrogen-bond acceptors (Lipinski definition) is 32. The Bertz CT molecular complexity index is 6660. The fraction of sp³-hybridized carbons (Fsp3) is 0.562. The first-order valence-electron chi connectivity index (χ1n) is 50.7. The van der Waals surface area contributed by atoms with Gasteiger partial charge in [0.1, 0.15) is 24.1 Å². The van der Waals surface area contributed by atoms with Crippen molar-refractivity contribution in [1.29, 1.82) is 0 Å². The molecule has 6 saturated heterocycles. The molecule has 12 aliphatic heterocycles. The monoisotopic (exact) mass is 1970 g/mol. The third kappa shape index (κ3) is 11.6. The summed E-state index contributed by atoms with van der Waals surface area (Å²) in [7, 11) is 16.0. The van der Waals surface area contributed by atoms with Crippen LogP contribution < -0.4 is 37.9 Å². The van der Waals surface area contributed by atoms with Crippen molar-refractivity contribution in [2.75, 3.05) is 109 Å². The standard InChI is InChI=1S/C37H41N3O8.C36H39N3O8.C36H38N2O8.3CH4/c1-39-14-12-35-21-6-9-26(34(35)47-31-24(41)7-4-19(29(31)35)16-23(21)39)46-28(42)18-45-38-22-10-11-37(43)27-17-20-5-8-25(44-3)32-30(20)36(37,33(22)48-32)13-15-40(27)2;1-38-13-11-34-20-5-8-25(33(34)47-30-23(40)6-3-18(28(30)34)15-22(20)38)45-27(42)17-44-37-21-9-10-36(43)26-16-19-4-7-24(41)31-29(19)35(36,32(21)46-31)12-14-39(26)2;1-37-14-12-34-20-6-9-24(31(34)45-29-22(39)7-4-18(27(29)34)16-21(20)37)43-33(40)44-25-10-11-36(41)26-17-19-5-8-23(42-3)30-28(19)35(36,32(25)46-30)13-15-38(26)2;;;/h4-9,21,23,26-27,33-34,41,43H,10-18H2,1-3H3;3-8,20,22,25-26,32-33,40-41,43H,9-17H2,1-2H3;4-10,20-21,24,26,31-32,39,41H,11-17H2,1-3H3;3*1H4/b;37-21+;;;;/t21?,23?,26-,27?,33-,34-,35-,36-,37+;20?,22?,25-,26?,32-,33-,34-,35-,36+;20?,21?,24-,26?,31-,32-,34-,35-,36+;;;/m000.../s1. The Kier molecular flexibility index (Phi) is 20.9. The van der Waals surface area contributed by atoms with Crippen LogP contribution in [0.2, 0.25) is 0 Å². The van der Waals surface area contributed by atoms with Gasteiger partial charge in [0, 0.05) is 110 Å². The summed E-state index contributed by atoms with van der Waals surface area (Å²) in [5, 5.41) is 89.5. The number of piperidine rings is 6. The Morgan fingerprint density at radius 1 is 0.375 bits per heavy atom. The van der Waals surface area contributed by atoms with E-state index in [-0.39, 0.29) is 98.6 Å². The van der Waals surface area contributed by atoms with E-state index in [2.05, 4.69) is 112 Å². The largest absolute Gasteiger partial charge is 0.514 e. The minimum absolute atomic E-state index is 0. The van der Waals surface area contributed by atoms with Crippen molar-refractivity contribution in [3.05, 3.63) is 188 Å². The maximum atomic E-state index is 13.8. The molecule has 12 heterocycles. The first kappa shape index (κ1) is 93.7. The van der Waals surface area contributed by atoms with Crippen LogP contribution in [0.5, 0.6) is 69.0 Å². The van der Waals surface area contributed by atoms with E-state index in [1.54, 1.807) is 44.6 Å². The molecule has 6 aromatic rings. The van der Waals surface area contributed by atoms with Crippen molar-refractivity contribution < 1.29 is 117 Å². The number of carbonyl (C=O) groups excluding carboxylic acids is 3. The molecule has 2 saturated carbocycles. The van der Waals surface area contributed by atoms with E-state index < -0.39 is 118 Å². The fourth-order valence-corrected chi connectivity index (χ4v) is 33.9. The van der Waals surface area contributed by atoms with Gasteiger partial charge >= 0.3 is 18.1 Å². The van der Waals surface area contributed by atoms with Crippen LogP contribution in [0.15, 0.2) is 131 Å². The van der Waals surface area contributed by atoms with Gasteiger partial charge in [-0.05, 0) is 278 Å². The van der Waals surface area contributed by atoms with Crippen LogP contribution in [0.4, 0.5) is 4.79 Å². The van der Waals surface area contributed by atoms with Gasteiger partial charge in [0.2, 0.25) is 13.2 Å². The number of methoxy groups -OCH3 is 2. The fourth-order valence-electron chi connectivity index (χ4n) is 33.9. The number of phenols is 4. The van der Waals surface area contributed by atoms with Gasteiger partial charge in [0.15, 0.2) is 106 Å². The number of hydrogen-bond donors (Lipinski definition) is 7. The van der Waals surface area contributed by atoms with Gasteiger partial charge in [-0.15, -0.1) is 0 Å². The highest BCUT2D eigenvalue weighted by Crippen LogP contribution is 2.73. The lowest BCUT2D eigenvalue weighted by molar-refractivity contribution is -0.164. The van der Waals surface area contributed by atoms with Crippen molar-refractivity contribution in [3.63, 3.8) is 0 Å². The molecule has 144 heavy (non-hydrogen) atoms. The molecule has 0 amide bonds. The molecule has 32 nitrogen and oxygen atoms in total. The van der Waals surface area contributed by atoms with Gasteiger partial charge < -0.3 is 132 Å². The number of esters is 2. The van der Waals surface area contributed by atoms with E-state index in [1.165, 1.54) is 22.3 Å². The van der Waals surface area contributed by atoms with E-state index in [1.807, 2.05) is 54.6 Å². The van der Waals surface area contributed by atoms with Gasteiger partial charge in [-0.3, -0.25) is 0 Å². The second kappa shape index (κ2) is 32.1. The van der Waals surface area contributed by atoms with Crippen LogP contribution in [-0.2, 0) is 109 Å².